The van der Waals surface area contributed by atoms with Gasteiger partial charge in [-0.15, -0.1) is 0 Å². The minimum atomic E-state index is 0.195. The summed E-state index contributed by atoms with van der Waals surface area (Å²) in [5, 5.41) is 0. The number of nitrogens with zero attached hydrogens (tertiary/aromatic N) is 2. The molecular weight excluding hydrogens is 192 g/mol. The van der Waals surface area contributed by atoms with Crippen molar-refractivity contribution in [2.24, 2.45) is 0 Å². The molecule has 1 atom stereocenters. The van der Waals surface area contributed by atoms with Crippen LogP contribution in [0.5, 0.6) is 5.88 Å². The zero-order valence-corrected chi connectivity index (χ0v) is 8.72. The van der Waals surface area contributed by atoms with Crippen molar-refractivity contribution in [3.8, 4) is 5.88 Å². The Morgan fingerprint density at radius 2 is 2.47 bits per heavy atom. The van der Waals surface area contributed by atoms with Crippen LogP contribution in [0.25, 0.3) is 0 Å². The first-order chi connectivity index (χ1) is 7.35. The van der Waals surface area contributed by atoms with Gasteiger partial charge < -0.3 is 9.64 Å². The van der Waals surface area contributed by atoms with Gasteiger partial charge in [-0.2, -0.15) is 0 Å². The van der Waals surface area contributed by atoms with Crippen LogP contribution in [-0.2, 0) is 4.79 Å². The van der Waals surface area contributed by atoms with Crippen LogP contribution in [0.15, 0.2) is 18.3 Å². The number of hydrogen-bond donors (Lipinski definition) is 0. The van der Waals surface area contributed by atoms with Crippen molar-refractivity contribution in [3.63, 3.8) is 0 Å². The summed E-state index contributed by atoms with van der Waals surface area (Å²) in [6, 6.07) is 4.00. The molecule has 0 spiro atoms. The summed E-state index contributed by atoms with van der Waals surface area (Å²) >= 11 is 0. The topological polar surface area (TPSA) is 42.4 Å². The molecule has 0 unspecified atom stereocenters. The molecule has 1 amide bonds. The zero-order chi connectivity index (χ0) is 10.7. The number of carbonyl (C=O) groups excluding carboxylic acids is 1. The van der Waals surface area contributed by atoms with Gasteiger partial charge in [0, 0.05) is 18.8 Å². The molecule has 0 aliphatic carbocycles. The Balaban J connectivity index is 2.17. The second-order valence-corrected chi connectivity index (χ2v) is 3.64. The van der Waals surface area contributed by atoms with Crippen molar-refractivity contribution in [2.75, 3.05) is 13.7 Å². The Morgan fingerprint density at radius 1 is 1.60 bits per heavy atom. The molecule has 0 bridgehead atoms. The van der Waals surface area contributed by atoms with Gasteiger partial charge in [0.05, 0.1) is 13.2 Å². The third kappa shape index (κ3) is 1.93. The van der Waals surface area contributed by atoms with Gasteiger partial charge in [0.2, 0.25) is 12.3 Å². The second kappa shape index (κ2) is 4.29. The number of ether oxygens (including phenoxy) is 1. The first kappa shape index (κ1) is 9.96. The van der Waals surface area contributed by atoms with Crippen molar-refractivity contribution in [2.45, 2.75) is 18.9 Å². The first-order valence-electron chi connectivity index (χ1n) is 5.06. The largest absolute Gasteiger partial charge is 0.481 e. The molecule has 0 radical (unpaired) electrons. The lowest BCUT2D eigenvalue weighted by Gasteiger charge is -2.19. The maximum absolute atomic E-state index is 10.8. The molecule has 15 heavy (non-hydrogen) atoms. The van der Waals surface area contributed by atoms with Gasteiger partial charge in [0.15, 0.2) is 0 Å². The van der Waals surface area contributed by atoms with Crippen molar-refractivity contribution in [1.82, 2.24) is 9.88 Å². The van der Waals surface area contributed by atoms with Crippen LogP contribution in [0.4, 0.5) is 0 Å². The van der Waals surface area contributed by atoms with Crippen LogP contribution in [0.1, 0.15) is 24.4 Å². The monoisotopic (exact) mass is 206 g/mol. The first-order valence-corrected chi connectivity index (χ1v) is 5.06. The number of amides is 1. The number of methoxy groups -OCH3 is 1. The third-order valence-electron chi connectivity index (χ3n) is 2.78. The second-order valence-electron chi connectivity index (χ2n) is 3.64. The standard InChI is InChI=1S/C11H14N2O2/c1-15-11-5-4-9(7-12-11)10-3-2-6-13(10)8-14/h4-5,7-8,10H,2-3,6H2,1H3/t10-/m0/s1. The Morgan fingerprint density at radius 3 is 3.07 bits per heavy atom. The number of pyridine rings is 1. The molecule has 1 aromatic heterocycles. The molecule has 1 aliphatic rings. The Bertz CT molecular complexity index is 337. The molecule has 1 aliphatic heterocycles. The SMILES string of the molecule is COc1ccc([C@@H]2CCCN2C=O)cn1. The third-order valence-corrected chi connectivity index (χ3v) is 2.78. The molecule has 1 saturated heterocycles. The fraction of sp³-hybridized carbons (Fsp3) is 0.455. The predicted octanol–water partition coefficient (Wildman–Crippen LogP) is 1.38. The van der Waals surface area contributed by atoms with Gasteiger partial charge in [0.25, 0.3) is 0 Å². The number of likely N-dealkylation sites (tertiary alicyclic amines) is 1. The highest BCUT2D eigenvalue weighted by molar-refractivity contribution is 5.49. The van der Waals surface area contributed by atoms with E-state index in [4.69, 9.17) is 4.74 Å². The van der Waals surface area contributed by atoms with Crippen molar-refractivity contribution in [3.05, 3.63) is 23.9 Å². The molecule has 80 valence electrons. The van der Waals surface area contributed by atoms with E-state index in [0.29, 0.717) is 5.88 Å². The quantitative estimate of drug-likeness (QED) is 0.702. The van der Waals surface area contributed by atoms with Gasteiger partial charge in [-0.3, -0.25) is 4.79 Å². The predicted molar refractivity (Wildman–Crippen MR) is 55.5 cm³/mol. The Hall–Kier alpha value is -1.58. The fourth-order valence-corrected chi connectivity index (χ4v) is 1.98. The molecule has 1 fully saturated rings. The summed E-state index contributed by atoms with van der Waals surface area (Å²) in [6.07, 6.45) is 4.79. The Kier molecular flexibility index (Phi) is 2.85. The van der Waals surface area contributed by atoms with E-state index in [0.717, 1.165) is 31.4 Å². The maximum Gasteiger partial charge on any atom is 0.212 e. The fourth-order valence-electron chi connectivity index (χ4n) is 1.98. The smallest absolute Gasteiger partial charge is 0.212 e. The van der Waals surface area contributed by atoms with E-state index in [-0.39, 0.29) is 6.04 Å². The molecule has 0 N–H and O–H groups in total. The summed E-state index contributed by atoms with van der Waals surface area (Å²) in [4.78, 5) is 16.8. The highest BCUT2D eigenvalue weighted by Crippen LogP contribution is 2.30. The Labute approximate surface area is 88.9 Å². The average molecular weight is 206 g/mol. The summed E-state index contributed by atoms with van der Waals surface area (Å²) < 4.78 is 4.99. The van der Waals surface area contributed by atoms with E-state index >= 15 is 0 Å². The lowest BCUT2D eigenvalue weighted by atomic mass is 10.1. The molecular formula is C11H14N2O2. The van der Waals surface area contributed by atoms with Crippen molar-refractivity contribution < 1.29 is 9.53 Å². The molecule has 2 heterocycles. The van der Waals surface area contributed by atoms with Gasteiger partial charge in [0.1, 0.15) is 0 Å². The number of rotatable bonds is 3. The van der Waals surface area contributed by atoms with Gasteiger partial charge >= 0.3 is 0 Å². The minimum Gasteiger partial charge on any atom is -0.481 e. The zero-order valence-electron chi connectivity index (χ0n) is 8.72. The molecule has 1 aromatic rings. The van der Waals surface area contributed by atoms with Crippen LogP contribution in [0.3, 0.4) is 0 Å². The van der Waals surface area contributed by atoms with Crippen LogP contribution in [0, 0.1) is 0 Å². The molecule has 0 aromatic carbocycles. The minimum absolute atomic E-state index is 0.195. The molecule has 4 heteroatoms. The van der Waals surface area contributed by atoms with Gasteiger partial charge in [-0.25, -0.2) is 4.98 Å². The van der Waals surface area contributed by atoms with Gasteiger partial charge in [-0.1, -0.05) is 6.07 Å². The summed E-state index contributed by atoms with van der Waals surface area (Å²) in [6.45, 7) is 0.847. The highest BCUT2D eigenvalue weighted by Gasteiger charge is 2.24. The van der Waals surface area contributed by atoms with E-state index in [9.17, 15) is 4.79 Å². The average Bonchev–Trinajstić information content (AvgIpc) is 2.77. The van der Waals surface area contributed by atoms with E-state index in [1.807, 2.05) is 17.0 Å². The van der Waals surface area contributed by atoms with Crippen molar-refractivity contribution in [1.29, 1.82) is 0 Å². The lowest BCUT2D eigenvalue weighted by molar-refractivity contribution is -0.118. The number of aromatic nitrogens is 1. The number of carbonyl (C=O) groups is 1. The van der Waals surface area contributed by atoms with Crippen LogP contribution >= 0.6 is 0 Å². The molecule has 0 saturated carbocycles. The van der Waals surface area contributed by atoms with Crippen molar-refractivity contribution >= 4 is 6.41 Å². The summed E-state index contributed by atoms with van der Waals surface area (Å²) in [5.41, 5.74) is 1.08. The van der Waals surface area contributed by atoms with Crippen LogP contribution in [0.2, 0.25) is 0 Å². The van der Waals surface area contributed by atoms with Crippen LogP contribution in [-0.4, -0.2) is 29.9 Å². The maximum atomic E-state index is 10.8. The van der Waals surface area contributed by atoms with Crippen LogP contribution < -0.4 is 4.74 Å². The highest BCUT2D eigenvalue weighted by atomic mass is 16.5. The summed E-state index contributed by atoms with van der Waals surface area (Å²) in [7, 11) is 1.59. The lowest BCUT2D eigenvalue weighted by Crippen LogP contribution is -2.21. The van der Waals surface area contributed by atoms with E-state index < -0.39 is 0 Å². The molecule has 2 rings (SSSR count). The van der Waals surface area contributed by atoms with E-state index in [1.54, 1.807) is 13.3 Å². The molecule has 4 nitrogen and oxygen atoms in total. The number of hydrogen-bond acceptors (Lipinski definition) is 3. The summed E-state index contributed by atoms with van der Waals surface area (Å²) in [5.74, 6) is 0.606. The normalized spacial score (nSPS) is 20.3. The van der Waals surface area contributed by atoms with E-state index in [2.05, 4.69) is 4.98 Å². The van der Waals surface area contributed by atoms with Gasteiger partial charge in [-0.05, 0) is 18.4 Å². The van der Waals surface area contributed by atoms with E-state index in [1.165, 1.54) is 0 Å².